The Morgan fingerprint density at radius 3 is 2.90 bits per heavy atom. The number of benzene rings is 1. The van der Waals surface area contributed by atoms with E-state index >= 15 is 0 Å². The number of nitrogens with one attached hydrogen (secondary N) is 1. The van der Waals surface area contributed by atoms with Gasteiger partial charge < -0.3 is 14.4 Å². The SMILES string of the molecule is COc1cccc(OCC(=O)N2CCc3nc(NC(=O)c4cccs4)sc3C2)c1. The average molecular weight is 430 g/mol. The number of methoxy groups -OCH3 is 1. The van der Waals surface area contributed by atoms with Crippen molar-refractivity contribution in [1.82, 2.24) is 9.88 Å². The van der Waals surface area contributed by atoms with Gasteiger partial charge in [0.15, 0.2) is 11.7 Å². The maximum atomic E-state index is 12.6. The molecule has 0 unspecified atom stereocenters. The van der Waals surface area contributed by atoms with E-state index in [4.69, 9.17) is 9.47 Å². The van der Waals surface area contributed by atoms with Gasteiger partial charge in [0.25, 0.3) is 11.8 Å². The highest BCUT2D eigenvalue weighted by Crippen LogP contribution is 2.29. The molecule has 7 nitrogen and oxygen atoms in total. The zero-order chi connectivity index (χ0) is 20.2. The van der Waals surface area contributed by atoms with Crippen LogP contribution in [-0.2, 0) is 17.8 Å². The molecule has 0 fully saturated rings. The van der Waals surface area contributed by atoms with Crippen LogP contribution in [0.1, 0.15) is 20.2 Å². The molecule has 4 rings (SSSR count). The van der Waals surface area contributed by atoms with Crippen molar-refractivity contribution in [2.45, 2.75) is 13.0 Å². The number of nitrogens with zero attached hydrogens (tertiary/aromatic N) is 2. The summed E-state index contributed by atoms with van der Waals surface area (Å²) in [5.41, 5.74) is 0.939. The van der Waals surface area contributed by atoms with E-state index in [1.54, 1.807) is 30.2 Å². The van der Waals surface area contributed by atoms with E-state index in [1.165, 1.54) is 22.7 Å². The van der Waals surface area contributed by atoms with Gasteiger partial charge in [0.1, 0.15) is 11.5 Å². The summed E-state index contributed by atoms with van der Waals surface area (Å²) in [5.74, 6) is 1.02. The lowest BCUT2D eigenvalue weighted by Gasteiger charge is -2.26. The van der Waals surface area contributed by atoms with Gasteiger partial charge in [-0.25, -0.2) is 4.98 Å². The van der Waals surface area contributed by atoms with Gasteiger partial charge in [-0.3, -0.25) is 14.9 Å². The first-order chi connectivity index (χ1) is 14.1. The molecule has 2 amide bonds. The summed E-state index contributed by atoms with van der Waals surface area (Å²) in [6.07, 6.45) is 0.658. The first-order valence-electron chi connectivity index (χ1n) is 9.00. The standard InChI is InChI=1S/C20H19N3O4S2/c1-26-13-4-2-5-14(10-13)27-12-18(24)23-8-7-15-17(11-23)29-20(21-15)22-19(25)16-6-3-9-28-16/h2-6,9-10H,7-8,11-12H2,1H3,(H,21,22,25). The molecule has 0 spiro atoms. The smallest absolute Gasteiger partial charge is 0.267 e. The number of thiophene rings is 1. The normalized spacial score (nSPS) is 12.9. The number of amides is 2. The van der Waals surface area contributed by atoms with Crippen molar-refractivity contribution in [2.75, 3.05) is 25.6 Å². The zero-order valence-electron chi connectivity index (χ0n) is 15.7. The van der Waals surface area contributed by atoms with Crippen LogP contribution in [0.2, 0.25) is 0 Å². The summed E-state index contributed by atoms with van der Waals surface area (Å²) in [4.78, 5) is 32.7. The molecule has 0 atom stereocenters. The van der Waals surface area contributed by atoms with Crippen LogP contribution in [0.15, 0.2) is 41.8 Å². The third kappa shape index (κ3) is 4.57. The molecule has 0 saturated carbocycles. The van der Waals surface area contributed by atoms with Crippen molar-refractivity contribution in [1.29, 1.82) is 0 Å². The Morgan fingerprint density at radius 1 is 1.24 bits per heavy atom. The second-order valence-electron chi connectivity index (χ2n) is 6.35. The van der Waals surface area contributed by atoms with Crippen molar-refractivity contribution in [3.63, 3.8) is 0 Å². The number of hydrogen-bond donors (Lipinski definition) is 1. The lowest BCUT2D eigenvalue weighted by atomic mass is 10.2. The zero-order valence-corrected chi connectivity index (χ0v) is 17.3. The molecule has 9 heteroatoms. The van der Waals surface area contributed by atoms with Crippen LogP contribution in [0.4, 0.5) is 5.13 Å². The number of aromatic nitrogens is 1. The molecular formula is C20H19N3O4S2. The van der Waals surface area contributed by atoms with E-state index in [2.05, 4.69) is 10.3 Å². The topological polar surface area (TPSA) is 80.8 Å². The maximum Gasteiger partial charge on any atom is 0.267 e. The minimum absolute atomic E-state index is 0.0384. The number of hydrogen-bond acceptors (Lipinski definition) is 7. The van der Waals surface area contributed by atoms with E-state index in [0.717, 1.165) is 10.6 Å². The van der Waals surface area contributed by atoms with Crippen LogP contribution in [0.25, 0.3) is 0 Å². The molecule has 1 N–H and O–H groups in total. The number of carbonyl (C=O) groups is 2. The molecule has 150 valence electrons. The fourth-order valence-corrected chi connectivity index (χ4v) is 4.59. The highest BCUT2D eigenvalue weighted by atomic mass is 32.1. The van der Waals surface area contributed by atoms with Crippen LogP contribution >= 0.6 is 22.7 Å². The summed E-state index contributed by atoms with van der Waals surface area (Å²) >= 11 is 2.80. The lowest BCUT2D eigenvalue weighted by Crippen LogP contribution is -2.38. The van der Waals surface area contributed by atoms with Crippen LogP contribution in [0, 0.1) is 0 Å². The van der Waals surface area contributed by atoms with E-state index in [9.17, 15) is 9.59 Å². The highest BCUT2D eigenvalue weighted by Gasteiger charge is 2.25. The number of rotatable bonds is 6. The highest BCUT2D eigenvalue weighted by molar-refractivity contribution is 7.16. The van der Waals surface area contributed by atoms with E-state index in [0.29, 0.717) is 41.0 Å². The minimum atomic E-state index is -0.161. The first kappa shape index (κ1) is 19.4. The van der Waals surface area contributed by atoms with Gasteiger partial charge in [0.05, 0.1) is 24.2 Å². The second kappa shape index (κ2) is 8.62. The van der Waals surface area contributed by atoms with E-state index in [1.807, 2.05) is 23.6 Å². The van der Waals surface area contributed by atoms with Gasteiger partial charge >= 0.3 is 0 Å². The largest absolute Gasteiger partial charge is 0.497 e. The predicted octanol–water partition coefficient (Wildman–Crippen LogP) is 3.43. The maximum absolute atomic E-state index is 12.6. The van der Waals surface area contributed by atoms with Crippen molar-refractivity contribution in [2.24, 2.45) is 0 Å². The molecular weight excluding hydrogens is 410 g/mol. The molecule has 2 aromatic heterocycles. The fraction of sp³-hybridized carbons (Fsp3) is 0.250. The Bertz CT molecular complexity index is 1020. The monoisotopic (exact) mass is 429 g/mol. The number of carbonyl (C=O) groups excluding carboxylic acids is 2. The van der Waals surface area contributed by atoms with Crippen LogP contribution in [0.3, 0.4) is 0 Å². The Hall–Kier alpha value is -2.91. The predicted molar refractivity (Wildman–Crippen MR) is 112 cm³/mol. The van der Waals surface area contributed by atoms with Gasteiger partial charge in [0, 0.05) is 23.9 Å². The summed E-state index contributed by atoms with van der Waals surface area (Å²) in [5, 5.41) is 5.27. The van der Waals surface area contributed by atoms with Gasteiger partial charge in [-0.15, -0.1) is 11.3 Å². The molecule has 1 aromatic carbocycles. The summed E-state index contributed by atoms with van der Waals surface area (Å²) < 4.78 is 10.8. The molecule has 0 aliphatic carbocycles. The molecule has 1 aliphatic heterocycles. The van der Waals surface area contributed by atoms with Crippen LogP contribution in [0.5, 0.6) is 11.5 Å². The van der Waals surface area contributed by atoms with Crippen molar-refractivity contribution in [3.8, 4) is 11.5 Å². The van der Waals surface area contributed by atoms with Gasteiger partial charge in [-0.05, 0) is 23.6 Å². The Balaban J connectivity index is 1.35. The minimum Gasteiger partial charge on any atom is -0.497 e. The molecule has 3 heterocycles. The van der Waals surface area contributed by atoms with Crippen molar-refractivity contribution >= 4 is 39.6 Å². The fourth-order valence-electron chi connectivity index (χ4n) is 2.96. The van der Waals surface area contributed by atoms with Gasteiger partial charge in [-0.1, -0.05) is 23.5 Å². The third-order valence-electron chi connectivity index (χ3n) is 4.45. The molecule has 29 heavy (non-hydrogen) atoms. The van der Waals surface area contributed by atoms with Crippen LogP contribution < -0.4 is 14.8 Å². The van der Waals surface area contributed by atoms with Crippen LogP contribution in [-0.4, -0.2) is 42.0 Å². The molecule has 0 saturated heterocycles. The molecule has 0 bridgehead atoms. The lowest BCUT2D eigenvalue weighted by molar-refractivity contribution is -0.134. The molecule has 0 radical (unpaired) electrons. The van der Waals surface area contributed by atoms with Gasteiger partial charge in [0.2, 0.25) is 0 Å². The first-order valence-corrected chi connectivity index (χ1v) is 10.7. The number of anilines is 1. The second-order valence-corrected chi connectivity index (χ2v) is 8.38. The number of fused-ring (bicyclic) bond motifs is 1. The van der Waals surface area contributed by atoms with E-state index < -0.39 is 0 Å². The number of thiazole rings is 1. The van der Waals surface area contributed by atoms with Crippen molar-refractivity contribution in [3.05, 3.63) is 57.2 Å². The van der Waals surface area contributed by atoms with Crippen molar-refractivity contribution < 1.29 is 19.1 Å². The quantitative estimate of drug-likeness (QED) is 0.649. The summed E-state index contributed by atoms with van der Waals surface area (Å²) in [7, 11) is 1.59. The third-order valence-corrected chi connectivity index (χ3v) is 6.32. The average Bonchev–Trinajstić information content (AvgIpc) is 3.41. The Labute approximate surface area is 175 Å². The summed E-state index contributed by atoms with van der Waals surface area (Å²) in [6, 6.07) is 10.8. The molecule has 1 aliphatic rings. The van der Waals surface area contributed by atoms with E-state index in [-0.39, 0.29) is 18.4 Å². The molecule has 3 aromatic rings. The summed E-state index contributed by atoms with van der Waals surface area (Å²) in [6.45, 7) is 1.01. The Morgan fingerprint density at radius 2 is 2.10 bits per heavy atom. The Kier molecular flexibility index (Phi) is 5.77. The van der Waals surface area contributed by atoms with Gasteiger partial charge in [-0.2, -0.15) is 0 Å². The number of ether oxygens (including phenoxy) is 2.